The Morgan fingerprint density at radius 2 is 2.00 bits per heavy atom. The van der Waals surface area contributed by atoms with Crippen molar-refractivity contribution in [3.05, 3.63) is 45.7 Å². The molecule has 0 unspecified atom stereocenters. The summed E-state index contributed by atoms with van der Waals surface area (Å²) in [4.78, 5) is 1.33. The highest BCUT2D eigenvalue weighted by Crippen LogP contribution is 2.31. The zero-order valence-electron chi connectivity index (χ0n) is 7.25. The van der Waals surface area contributed by atoms with E-state index in [0.29, 0.717) is 0 Å². The van der Waals surface area contributed by atoms with Crippen molar-refractivity contribution in [3.8, 4) is 10.4 Å². The Morgan fingerprint density at radius 3 is 2.69 bits per heavy atom. The minimum absolute atomic E-state index is 1.18. The molecule has 0 fully saturated rings. The summed E-state index contributed by atoms with van der Waals surface area (Å²) in [6.45, 7) is 2.14. The summed E-state index contributed by atoms with van der Waals surface area (Å²) in [5, 5.41) is 2.11. The van der Waals surface area contributed by atoms with Crippen LogP contribution in [0.25, 0.3) is 10.4 Å². The van der Waals surface area contributed by atoms with E-state index in [4.69, 9.17) is 0 Å². The summed E-state index contributed by atoms with van der Waals surface area (Å²) < 4.78 is 1.18. The van der Waals surface area contributed by atoms with Gasteiger partial charge in [0.15, 0.2) is 0 Å². The van der Waals surface area contributed by atoms with Gasteiger partial charge >= 0.3 is 0 Å². The van der Waals surface area contributed by atoms with Gasteiger partial charge in [0.05, 0.1) is 0 Å². The third-order valence-corrected chi connectivity index (χ3v) is 3.82. The summed E-state index contributed by atoms with van der Waals surface area (Å²) in [5.41, 5.74) is 2.63. The smallest absolute Gasteiger partial charge is 0.0345 e. The molecule has 13 heavy (non-hydrogen) atoms. The molecule has 66 valence electrons. The number of benzene rings is 1. The van der Waals surface area contributed by atoms with Crippen LogP contribution in [-0.2, 0) is 0 Å². The SMILES string of the molecule is Cc1c(Br)cccc1-c1cccs1. The highest BCUT2D eigenvalue weighted by atomic mass is 79.9. The zero-order chi connectivity index (χ0) is 9.26. The van der Waals surface area contributed by atoms with Crippen LogP contribution in [0.1, 0.15) is 5.56 Å². The first-order valence-corrected chi connectivity index (χ1v) is 5.75. The van der Waals surface area contributed by atoms with Crippen LogP contribution in [0.15, 0.2) is 40.2 Å². The van der Waals surface area contributed by atoms with Crippen LogP contribution in [0, 0.1) is 6.92 Å². The van der Waals surface area contributed by atoms with Crippen LogP contribution < -0.4 is 0 Å². The van der Waals surface area contributed by atoms with E-state index >= 15 is 0 Å². The van der Waals surface area contributed by atoms with Gasteiger partial charge in [0, 0.05) is 9.35 Å². The Morgan fingerprint density at radius 1 is 1.15 bits per heavy atom. The molecule has 0 atom stereocenters. The Balaban J connectivity index is 2.59. The summed E-state index contributed by atoms with van der Waals surface area (Å²) in [6, 6.07) is 10.5. The molecule has 0 spiro atoms. The van der Waals surface area contributed by atoms with Gasteiger partial charge in [-0.3, -0.25) is 0 Å². The summed E-state index contributed by atoms with van der Waals surface area (Å²) in [6.07, 6.45) is 0. The van der Waals surface area contributed by atoms with Gasteiger partial charge in [-0.1, -0.05) is 34.1 Å². The average molecular weight is 253 g/mol. The lowest BCUT2D eigenvalue weighted by atomic mass is 10.1. The fraction of sp³-hybridized carbons (Fsp3) is 0.0909. The zero-order valence-corrected chi connectivity index (χ0v) is 9.65. The van der Waals surface area contributed by atoms with Crippen molar-refractivity contribution in [1.82, 2.24) is 0 Å². The molecular formula is C11H9BrS. The van der Waals surface area contributed by atoms with Gasteiger partial charge in [-0.25, -0.2) is 0 Å². The topological polar surface area (TPSA) is 0 Å². The van der Waals surface area contributed by atoms with Crippen LogP contribution in [0.5, 0.6) is 0 Å². The fourth-order valence-electron chi connectivity index (χ4n) is 1.31. The first-order valence-electron chi connectivity index (χ1n) is 4.08. The fourth-order valence-corrected chi connectivity index (χ4v) is 2.48. The lowest BCUT2D eigenvalue weighted by Gasteiger charge is -2.04. The second kappa shape index (κ2) is 3.64. The Kier molecular flexibility index (Phi) is 2.51. The van der Waals surface area contributed by atoms with Gasteiger partial charge in [0.25, 0.3) is 0 Å². The van der Waals surface area contributed by atoms with Gasteiger partial charge in [0.2, 0.25) is 0 Å². The van der Waals surface area contributed by atoms with E-state index in [9.17, 15) is 0 Å². The number of hydrogen-bond acceptors (Lipinski definition) is 1. The van der Waals surface area contributed by atoms with E-state index in [-0.39, 0.29) is 0 Å². The molecule has 0 aliphatic heterocycles. The number of hydrogen-bond donors (Lipinski definition) is 0. The van der Waals surface area contributed by atoms with E-state index in [1.807, 2.05) is 0 Å². The Bertz CT molecular complexity index is 404. The van der Waals surface area contributed by atoms with Crippen molar-refractivity contribution < 1.29 is 0 Å². The first kappa shape index (κ1) is 8.97. The van der Waals surface area contributed by atoms with Crippen molar-refractivity contribution in [3.63, 3.8) is 0 Å². The van der Waals surface area contributed by atoms with Crippen molar-refractivity contribution in [1.29, 1.82) is 0 Å². The second-order valence-corrected chi connectivity index (χ2v) is 4.69. The third-order valence-electron chi connectivity index (χ3n) is 2.05. The maximum atomic E-state index is 3.54. The Labute approximate surface area is 90.4 Å². The molecule has 0 bridgehead atoms. The van der Waals surface area contributed by atoms with Gasteiger partial charge in [-0.2, -0.15) is 0 Å². The quantitative estimate of drug-likeness (QED) is 0.702. The monoisotopic (exact) mass is 252 g/mol. The third kappa shape index (κ3) is 1.69. The van der Waals surface area contributed by atoms with E-state index in [1.54, 1.807) is 11.3 Å². The molecule has 2 heteroatoms. The predicted molar refractivity (Wildman–Crippen MR) is 62.2 cm³/mol. The van der Waals surface area contributed by atoms with E-state index in [1.165, 1.54) is 20.5 Å². The number of rotatable bonds is 1. The average Bonchev–Trinajstić information content (AvgIpc) is 2.62. The first-order chi connectivity index (χ1) is 6.29. The molecule has 2 aromatic rings. The van der Waals surface area contributed by atoms with E-state index in [2.05, 4.69) is 58.6 Å². The summed E-state index contributed by atoms with van der Waals surface area (Å²) in [5.74, 6) is 0. The standard InChI is InChI=1S/C11H9BrS/c1-8-9(4-2-5-10(8)12)11-6-3-7-13-11/h2-7H,1H3. The van der Waals surface area contributed by atoms with Crippen LogP contribution >= 0.6 is 27.3 Å². The minimum atomic E-state index is 1.18. The largest absolute Gasteiger partial charge is 0.144 e. The molecule has 0 aliphatic carbocycles. The molecule has 1 aromatic heterocycles. The lowest BCUT2D eigenvalue weighted by molar-refractivity contribution is 1.44. The molecule has 0 nitrogen and oxygen atoms in total. The maximum Gasteiger partial charge on any atom is 0.0345 e. The molecule has 1 aromatic carbocycles. The molecule has 2 rings (SSSR count). The van der Waals surface area contributed by atoms with Gasteiger partial charge in [-0.15, -0.1) is 11.3 Å². The Hall–Kier alpha value is -0.600. The van der Waals surface area contributed by atoms with Crippen molar-refractivity contribution in [2.24, 2.45) is 0 Å². The van der Waals surface area contributed by atoms with E-state index < -0.39 is 0 Å². The lowest BCUT2D eigenvalue weighted by Crippen LogP contribution is -1.80. The van der Waals surface area contributed by atoms with Gasteiger partial charge in [0.1, 0.15) is 0 Å². The van der Waals surface area contributed by atoms with Crippen LogP contribution in [-0.4, -0.2) is 0 Å². The summed E-state index contributed by atoms with van der Waals surface area (Å²) >= 11 is 5.31. The molecule has 0 radical (unpaired) electrons. The van der Waals surface area contributed by atoms with Gasteiger partial charge < -0.3 is 0 Å². The van der Waals surface area contributed by atoms with Crippen molar-refractivity contribution in [2.75, 3.05) is 0 Å². The van der Waals surface area contributed by atoms with Crippen molar-refractivity contribution >= 4 is 27.3 Å². The molecule has 1 heterocycles. The number of thiophene rings is 1. The number of halogens is 1. The molecule has 0 saturated carbocycles. The second-order valence-electron chi connectivity index (χ2n) is 2.89. The molecule has 0 N–H and O–H groups in total. The molecule has 0 saturated heterocycles. The van der Waals surface area contributed by atoms with E-state index in [0.717, 1.165) is 0 Å². The van der Waals surface area contributed by atoms with Crippen molar-refractivity contribution in [2.45, 2.75) is 6.92 Å². The van der Waals surface area contributed by atoms with Crippen LogP contribution in [0.4, 0.5) is 0 Å². The minimum Gasteiger partial charge on any atom is -0.144 e. The predicted octanol–water partition coefficient (Wildman–Crippen LogP) is 4.49. The maximum absolute atomic E-state index is 3.54. The summed E-state index contributed by atoms with van der Waals surface area (Å²) in [7, 11) is 0. The highest BCUT2D eigenvalue weighted by molar-refractivity contribution is 9.10. The molecule has 0 amide bonds. The highest BCUT2D eigenvalue weighted by Gasteiger charge is 2.04. The van der Waals surface area contributed by atoms with Crippen LogP contribution in [0.3, 0.4) is 0 Å². The molecular weight excluding hydrogens is 244 g/mol. The normalized spacial score (nSPS) is 10.3. The van der Waals surface area contributed by atoms with Gasteiger partial charge in [-0.05, 0) is 35.6 Å². The van der Waals surface area contributed by atoms with Crippen LogP contribution in [0.2, 0.25) is 0 Å². The molecule has 0 aliphatic rings.